The number of benzene rings is 3. The lowest BCUT2D eigenvalue weighted by Gasteiger charge is -2.14. The van der Waals surface area contributed by atoms with Crippen molar-refractivity contribution in [2.24, 2.45) is 0 Å². The fourth-order valence-corrected chi connectivity index (χ4v) is 3.40. The Morgan fingerprint density at radius 1 is 1.09 bits per heavy atom. The van der Waals surface area contributed by atoms with Crippen LogP contribution in [-0.2, 0) is 11.4 Å². The molecule has 5 nitrogen and oxygen atoms in total. The number of para-hydroxylation sites is 1. The Hall–Kier alpha value is -3.17. The largest absolute Gasteiger partial charge is 0.493 e. The summed E-state index contributed by atoms with van der Waals surface area (Å²) in [5.74, 6) is 0.202. The summed E-state index contributed by atoms with van der Waals surface area (Å²) in [4.78, 5) is 12.7. The fraction of sp³-hybridized carbons (Fsp3) is 0.0833. The van der Waals surface area contributed by atoms with Crippen LogP contribution in [-0.4, -0.2) is 13.0 Å². The van der Waals surface area contributed by atoms with Crippen LogP contribution in [0.2, 0.25) is 15.1 Å². The molecule has 0 heterocycles. The van der Waals surface area contributed by atoms with Crippen LogP contribution in [0.25, 0.3) is 6.08 Å². The summed E-state index contributed by atoms with van der Waals surface area (Å²) in [7, 11) is 1.51. The van der Waals surface area contributed by atoms with E-state index in [2.05, 4.69) is 5.32 Å². The average molecular weight is 488 g/mol. The van der Waals surface area contributed by atoms with Gasteiger partial charge in [-0.25, -0.2) is 0 Å². The van der Waals surface area contributed by atoms with Crippen molar-refractivity contribution in [3.8, 4) is 17.6 Å². The lowest BCUT2D eigenvalue weighted by Crippen LogP contribution is -2.14. The van der Waals surface area contributed by atoms with Crippen molar-refractivity contribution in [1.29, 1.82) is 5.26 Å². The summed E-state index contributed by atoms with van der Waals surface area (Å²) in [5, 5.41) is 13.3. The minimum absolute atomic E-state index is 0.151. The lowest BCUT2D eigenvalue weighted by molar-refractivity contribution is -0.112. The lowest BCUT2D eigenvalue weighted by atomic mass is 10.1. The highest BCUT2D eigenvalue weighted by Gasteiger charge is 2.16. The molecule has 1 N–H and O–H groups in total. The third kappa shape index (κ3) is 5.74. The molecule has 0 aliphatic carbocycles. The number of carbonyl (C=O) groups is 1. The Morgan fingerprint density at radius 2 is 1.84 bits per heavy atom. The van der Waals surface area contributed by atoms with Crippen molar-refractivity contribution < 1.29 is 14.3 Å². The number of halogens is 3. The zero-order valence-electron chi connectivity index (χ0n) is 16.9. The first-order valence-electron chi connectivity index (χ1n) is 9.34. The maximum absolute atomic E-state index is 12.7. The van der Waals surface area contributed by atoms with Crippen LogP contribution in [0.3, 0.4) is 0 Å². The van der Waals surface area contributed by atoms with Gasteiger partial charge >= 0.3 is 0 Å². The molecule has 0 radical (unpaired) electrons. The van der Waals surface area contributed by atoms with Gasteiger partial charge in [0.05, 0.1) is 22.8 Å². The molecule has 8 heteroatoms. The van der Waals surface area contributed by atoms with Crippen molar-refractivity contribution in [3.63, 3.8) is 0 Å². The standard InChI is InChI=1S/C24H17Cl3N2O3/c1-31-21-10-3-6-16(23(21)32-14-15-5-2-7-18(25)11-15)12-17(13-28)24(30)29-20-9-4-8-19(26)22(20)27/h2-12H,14H2,1H3,(H,29,30)/b17-12+. The minimum Gasteiger partial charge on any atom is -0.493 e. The van der Waals surface area contributed by atoms with Crippen molar-refractivity contribution in [3.05, 3.63) is 92.4 Å². The normalized spacial score (nSPS) is 10.9. The zero-order valence-corrected chi connectivity index (χ0v) is 19.1. The molecule has 0 aromatic heterocycles. The van der Waals surface area contributed by atoms with Gasteiger partial charge in [-0.3, -0.25) is 4.79 Å². The van der Waals surface area contributed by atoms with Crippen molar-refractivity contribution in [2.45, 2.75) is 6.61 Å². The second-order valence-electron chi connectivity index (χ2n) is 6.52. The zero-order chi connectivity index (χ0) is 23.1. The van der Waals surface area contributed by atoms with Gasteiger partial charge < -0.3 is 14.8 Å². The summed E-state index contributed by atoms with van der Waals surface area (Å²) in [6, 6.07) is 19.2. The highest BCUT2D eigenvalue weighted by atomic mass is 35.5. The number of nitrogens with one attached hydrogen (secondary N) is 1. The number of anilines is 1. The van der Waals surface area contributed by atoms with E-state index in [0.717, 1.165) is 5.56 Å². The summed E-state index contributed by atoms with van der Waals surface area (Å²) in [5.41, 5.74) is 1.50. The molecule has 0 saturated heterocycles. The van der Waals surface area contributed by atoms with E-state index < -0.39 is 5.91 Å². The predicted octanol–water partition coefficient (Wildman–Crippen LogP) is 6.78. The van der Waals surface area contributed by atoms with Crippen LogP contribution in [0.4, 0.5) is 5.69 Å². The molecule has 0 atom stereocenters. The Bertz CT molecular complexity index is 1220. The summed E-state index contributed by atoms with van der Waals surface area (Å²) >= 11 is 18.2. The topological polar surface area (TPSA) is 71.3 Å². The van der Waals surface area contributed by atoms with E-state index in [0.29, 0.717) is 27.8 Å². The first kappa shape index (κ1) is 23.5. The van der Waals surface area contributed by atoms with Crippen LogP contribution in [0.15, 0.2) is 66.2 Å². The van der Waals surface area contributed by atoms with Gasteiger partial charge in [-0.05, 0) is 42.0 Å². The van der Waals surface area contributed by atoms with Gasteiger partial charge in [-0.2, -0.15) is 5.26 Å². The molecule has 0 bridgehead atoms. The average Bonchev–Trinajstić information content (AvgIpc) is 2.79. The van der Waals surface area contributed by atoms with E-state index in [-0.39, 0.29) is 22.2 Å². The molecule has 32 heavy (non-hydrogen) atoms. The summed E-state index contributed by atoms with van der Waals surface area (Å²) < 4.78 is 11.4. The molecule has 0 fully saturated rings. The number of ether oxygens (including phenoxy) is 2. The number of rotatable bonds is 7. The van der Waals surface area contributed by atoms with Crippen molar-refractivity contribution in [2.75, 3.05) is 12.4 Å². The Balaban J connectivity index is 1.90. The summed E-state index contributed by atoms with van der Waals surface area (Å²) in [6.07, 6.45) is 1.42. The maximum atomic E-state index is 12.7. The smallest absolute Gasteiger partial charge is 0.266 e. The molecule has 0 unspecified atom stereocenters. The monoisotopic (exact) mass is 486 g/mol. The van der Waals surface area contributed by atoms with Gasteiger partial charge in [0.15, 0.2) is 11.5 Å². The molecule has 0 aliphatic heterocycles. The second-order valence-corrected chi connectivity index (χ2v) is 7.74. The highest BCUT2D eigenvalue weighted by Crippen LogP contribution is 2.34. The Labute approximate surface area is 200 Å². The molecule has 0 aliphatic rings. The van der Waals surface area contributed by atoms with Crippen molar-refractivity contribution in [1.82, 2.24) is 0 Å². The number of nitrogens with zero attached hydrogens (tertiary/aromatic N) is 1. The van der Waals surface area contributed by atoms with E-state index >= 15 is 0 Å². The van der Waals surface area contributed by atoms with Gasteiger partial charge in [-0.15, -0.1) is 0 Å². The van der Waals surface area contributed by atoms with E-state index in [1.807, 2.05) is 18.2 Å². The molecule has 162 valence electrons. The number of nitriles is 1. The van der Waals surface area contributed by atoms with Crippen LogP contribution in [0, 0.1) is 11.3 Å². The molecule has 0 spiro atoms. The molecule has 3 rings (SSSR count). The SMILES string of the molecule is COc1cccc(/C=C(\C#N)C(=O)Nc2cccc(Cl)c2Cl)c1OCc1cccc(Cl)c1. The molecular weight excluding hydrogens is 471 g/mol. The molecule has 3 aromatic carbocycles. The van der Waals surface area contributed by atoms with Crippen LogP contribution in [0.1, 0.15) is 11.1 Å². The molecular formula is C24H17Cl3N2O3. The third-order valence-corrected chi connectivity index (χ3v) is 5.42. The second kappa shape index (κ2) is 10.9. The molecule has 0 saturated carbocycles. The number of carbonyl (C=O) groups excluding carboxylic acids is 1. The molecule has 3 aromatic rings. The van der Waals surface area contributed by atoms with E-state index in [1.54, 1.807) is 48.5 Å². The Morgan fingerprint density at radius 3 is 2.56 bits per heavy atom. The van der Waals surface area contributed by atoms with Crippen LogP contribution in [0.5, 0.6) is 11.5 Å². The summed E-state index contributed by atoms with van der Waals surface area (Å²) in [6.45, 7) is 0.216. The number of hydrogen-bond donors (Lipinski definition) is 1. The first-order valence-corrected chi connectivity index (χ1v) is 10.5. The van der Waals surface area contributed by atoms with E-state index in [9.17, 15) is 10.1 Å². The minimum atomic E-state index is -0.639. The quantitative estimate of drug-likeness (QED) is 0.294. The van der Waals surface area contributed by atoms with Gasteiger partial charge in [0.2, 0.25) is 0 Å². The molecule has 1 amide bonds. The number of methoxy groups -OCH3 is 1. The van der Waals surface area contributed by atoms with E-state index in [1.165, 1.54) is 13.2 Å². The number of amides is 1. The van der Waals surface area contributed by atoms with Crippen LogP contribution >= 0.6 is 34.8 Å². The maximum Gasteiger partial charge on any atom is 0.266 e. The third-order valence-electron chi connectivity index (χ3n) is 4.37. The number of hydrogen-bond acceptors (Lipinski definition) is 4. The van der Waals surface area contributed by atoms with Gasteiger partial charge in [0, 0.05) is 10.6 Å². The van der Waals surface area contributed by atoms with E-state index in [4.69, 9.17) is 44.3 Å². The van der Waals surface area contributed by atoms with Gasteiger partial charge in [0.1, 0.15) is 18.2 Å². The van der Waals surface area contributed by atoms with Crippen molar-refractivity contribution >= 4 is 52.5 Å². The van der Waals surface area contributed by atoms with Crippen LogP contribution < -0.4 is 14.8 Å². The highest BCUT2D eigenvalue weighted by molar-refractivity contribution is 6.44. The fourth-order valence-electron chi connectivity index (χ4n) is 2.84. The van der Waals surface area contributed by atoms with Gasteiger partial charge in [-0.1, -0.05) is 65.1 Å². The Kier molecular flexibility index (Phi) is 8.02. The first-order chi connectivity index (χ1) is 15.4. The predicted molar refractivity (Wildman–Crippen MR) is 127 cm³/mol. The van der Waals surface area contributed by atoms with Gasteiger partial charge in [0.25, 0.3) is 5.91 Å².